The molecule has 4 rings (SSSR count). The van der Waals surface area contributed by atoms with Gasteiger partial charge in [-0.2, -0.15) is 0 Å². The monoisotopic (exact) mass is 413 g/mol. The van der Waals surface area contributed by atoms with Gasteiger partial charge in [0, 0.05) is 44.8 Å². The summed E-state index contributed by atoms with van der Waals surface area (Å²) in [4.78, 5) is 31.3. The summed E-state index contributed by atoms with van der Waals surface area (Å²) in [5.74, 6) is -0.980. The van der Waals surface area contributed by atoms with Crippen LogP contribution >= 0.6 is 0 Å². The highest BCUT2D eigenvalue weighted by molar-refractivity contribution is 5.94. The van der Waals surface area contributed by atoms with Gasteiger partial charge in [-0.1, -0.05) is 12.1 Å². The number of hydrogen-bond donors (Lipinski definition) is 0. The Balaban J connectivity index is 1.35. The minimum atomic E-state index is -0.382. The number of benzene rings is 2. The maximum Gasteiger partial charge on any atom is 0.253 e. The largest absolute Gasteiger partial charge is 0.366 e. The fraction of sp³-hybridized carbons (Fsp3) is 0.391. The molecule has 2 aliphatic heterocycles. The number of carbonyl (C=O) groups is 2. The molecule has 1 unspecified atom stereocenters. The van der Waals surface area contributed by atoms with Crippen molar-refractivity contribution in [1.82, 2.24) is 9.80 Å². The SMILES string of the molecule is O=C(c1ccc(F)cc1)N1CCCC(C(=O)N2CCN(c3ccccc3F)CC2)C1. The van der Waals surface area contributed by atoms with E-state index in [0.29, 0.717) is 50.5 Å². The maximum absolute atomic E-state index is 14.0. The summed E-state index contributed by atoms with van der Waals surface area (Å²) in [6.45, 7) is 3.21. The molecule has 1 atom stereocenters. The van der Waals surface area contributed by atoms with Gasteiger partial charge in [-0.05, 0) is 49.2 Å². The molecule has 0 spiro atoms. The van der Waals surface area contributed by atoms with E-state index in [-0.39, 0.29) is 29.4 Å². The second kappa shape index (κ2) is 8.81. The summed E-state index contributed by atoms with van der Waals surface area (Å²) in [7, 11) is 0. The van der Waals surface area contributed by atoms with Gasteiger partial charge in [0.1, 0.15) is 11.6 Å². The zero-order valence-corrected chi connectivity index (χ0v) is 16.8. The highest BCUT2D eigenvalue weighted by atomic mass is 19.1. The number of carbonyl (C=O) groups excluding carboxylic acids is 2. The van der Waals surface area contributed by atoms with Gasteiger partial charge in [0.2, 0.25) is 5.91 Å². The number of likely N-dealkylation sites (tertiary alicyclic amines) is 1. The topological polar surface area (TPSA) is 43.9 Å². The smallest absolute Gasteiger partial charge is 0.253 e. The van der Waals surface area contributed by atoms with Gasteiger partial charge >= 0.3 is 0 Å². The third-order valence-corrected chi connectivity index (χ3v) is 5.93. The van der Waals surface area contributed by atoms with E-state index in [2.05, 4.69) is 0 Å². The Bertz CT molecular complexity index is 911. The van der Waals surface area contributed by atoms with E-state index in [0.717, 1.165) is 12.8 Å². The molecule has 2 aliphatic rings. The van der Waals surface area contributed by atoms with Crippen molar-refractivity contribution in [3.8, 4) is 0 Å². The van der Waals surface area contributed by atoms with Crippen molar-refractivity contribution in [3.05, 3.63) is 65.7 Å². The lowest BCUT2D eigenvalue weighted by Crippen LogP contribution is -2.53. The summed E-state index contributed by atoms with van der Waals surface area (Å²) in [5, 5.41) is 0. The Morgan fingerprint density at radius 3 is 2.23 bits per heavy atom. The molecule has 0 radical (unpaired) electrons. The van der Waals surface area contributed by atoms with Crippen LogP contribution in [0.15, 0.2) is 48.5 Å². The number of piperazine rings is 1. The van der Waals surface area contributed by atoms with Crippen molar-refractivity contribution in [2.75, 3.05) is 44.2 Å². The van der Waals surface area contributed by atoms with Gasteiger partial charge in [-0.15, -0.1) is 0 Å². The summed E-state index contributed by atoms with van der Waals surface area (Å²) < 4.78 is 27.1. The Morgan fingerprint density at radius 1 is 0.833 bits per heavy atom. The van der Waals surface area contributed by atoms with E-state index < -0.39 is 0 Å². The molecule has 2 amide bonds. The van der Waals surface area contributed by atoms with Crippen LogP contribution in [0.4, 0.5) is 14.5 Å². The molecule has 30 heavy (non-hydrogen) atoms. The third kappa shape index (κ3) is 4.30. The lowest BCUT2D eigenvalue weighted by Gasteiger charge is -2.39. The molecule has 0 bridgehead atoms. The molecule has 0 aromatic heterocycles. The number of nitrogens with zero attached hydrogens (tertiary/aromatic N) is 3. The predicted molar refractivity (Wildman–Crippen MR) is 110 cm³/mol. The molecule has 158 valence electrons. The zero-order valence-electron chi connectivity index (χ0n) is 16.8. The van der Waals surface area contributed by atoms with Crippen LogP contribution in [-0.4, -0.2) is 60.9 Å². The lowest BCUT2D eigenvalue weighted by molar-refractivity contribution is -0.137. The highest BCUT2D eigenvalue weighted by Crippen LogP contribution is 2.24. The predicted octanol–water partition coefficient (Wildman–Crippen LogP) is 3.17. The summed E-state index contributed by atoms with van der Waals surface area (Å²) in [5.41, 5.74) is 1.00. The molecular weight excluding hydrogens is 388 g/mol. The van der Waals surface area contributed by atoms with Crippen molar-refractivity contribution in [2.24, 2.45) is 5.92 Å². The van der Waals surface area contributed by atoms with Crippen LogP contribution in [0.1, 0.15) is 23.2 Å². The molecular formula is C23H25F2N3O2. The molecule has 0 N–H and O–H groups in total. The van der Waals surface area contributed by atoms with Gasteiger partial charge in [0.25, 0.3) is 5.91 Å². The summed E-state index contributed by atoms with van der Waals surface area (Å²) in [6.07, 6.45) is 1.51. The number of hydrogen-bond acceptors (Lipinski definition) is 3. The summed E-state index contributed by atoms with van der Waals surface area (Å²) in [6, 6.07) is 12.2. The van der Waals surface area contributed by atoms with Gasteiger partial charge in [0.05, 0.1) is 11.6 Å². The van der Waals surface area contributed by atoms with E-state index in [1.807, 2.05) is 15.9 Å². The van der Waals surface area contributed by atoms with Crippen LogP contribution in [0, 0.1) is 17.6 Å². The first-order valence-electron chi connectivity index (χ1n) is 10.4. The first-order chi connectivity index (χ1) is 14.5. The number of anilines is 1. The molecule has 0 saturated carbocycles. The molecule has 5 nitrogen and oxygen atoms in total. The van der Waals surface area contributed by atoms with E-state index in [4.69, 9.17) is 0 Å². The van der Waals surface area contributed by atoms with Gasteiger partial charge in [0.15, 0.2) is 0 Å². The molecule has 0 aliphatic carbocycles. The zero-order chi connectivity index (χ0) is 21.1. The fourth-order valence-electron chi connectivity index (χ4n) is 4.27. The summed E-state index contributed by atoms with van der Waals surface area (Å²) >= 11 is 0. The Hall–Kier alpha value is -2.96. The van der Waals surface area contributed by atoms with Crippen LogP contribution in [0.3, 0.4) is 0 Å². The molecule has 2 heterocycles. The van der Waals surface area contributed by atoms with Crippen LogP contribution in [0.5, 0.6) is 0 Å². The normalized spacial score (nSPS) is 19.7. The van der Waals surface area contributed by atoms with Crippen molar-refractivity contribution in [1.29, 1.82) is 0 Å². The van der Waals surface area contributed by atoms with Crippen molar-refractivity contribution in [2.45, 2.75) is 12.8 Å². The number of rotatable bonds is 3. The number of halogens is 2. The van der Waals surface area contributed by atoms with Crippen LogP contribution in [-0.2, 0) is 4.79 Å². The van der Waals surface area contributed by atoms with Crippen LogP contribution < -0.4 is 4.90 Å². The fourth-order valence-corrected chi connectivity index (χ4v) is 4.27. The molecule has 2 saturated heterocycles. The van der Waals surface area contributed by atoms with Gasteiger partial charge < -0.3 is 14.7 Å². The first-order valence-corrected chi connectivity index (χ1v) is 10.4. The number of amides is 2. The second-order valence-electron chi connectivity index (χ2n) is 7.86. The Morgan fingerprint density at radius 2 is 1.53 bits per heavy atom. The van der Waals surface area contributed by atoms with Crippen LogP contribution in [0.25, 0.3) is 0 Å². The Labute approximate surface area is 174 Å². The van der Waals surface area contributed by atoms with Crippen molar-refractivity contribution in [3.63, 3.8) is 0 Å². The van der Waals surface area contributed by atoms with Crippen LogP contribution in [0.2, 0.25) is 0 Å². The van der Waals surface area contributed by atoms with E-state index >= 15 is 0 Å². The minimum absolute atomic E-state index is 0.0554. The van der Waals surface area contributed by atoms with E-state index in [9.17, 15) is 18.4 Å². The van der Waals surface area contributed by atoms with Gasteiger partial charge in [-0.25, -0.2) is 8.78 Å². The van der Waals surface area contributed by atoms with E-state index in [1.54, 1.807) is 17.0 Å². The average molecular weight is 413 g/mol. The highest BCUT2D eigenvalue weighted by Gasteiger charge is 2.33. The molecule has 2 fully saturated rings. The standard InChI is InChI=1S/C23H25F2N3O2/c24-19-9-7-17(8-10-19)22(29)28-11-3-4-18(16-28)23(30)27-14-12-26(13-15-27)21-6-2-1-5-20(21)25/h1-2,5-10,18H,3-4,11-16H2. The lowest BCUT2D eigenvalue weighted by atomic mass is 9.95. The van der Waals surface area contributed by atoms with Gasteiger partial charge in [-0.3, -0.25) is 9.59 Å². The molecule has 2 aromatic rings. The van der Waals surface area contributed by atoms with Crippen molar-refractivity contribution < 1.29 is 18.4 Å². The number of piperidine rings is 1. The first kappa shape index (κ1) is 20.3. The Kier molecular flexibility index (Phi) is 5.97. The average Bonchev–Trinajstić information content (AvgIpc) is 2.79. The maximum atomic E-state index is 14.0. The third-order valence-electron chi connectivity index (χ3n) is 5.93. The van der Waals surface area contributed by atoms with E-state index in [1.165, 1.54) is 30.3 Å². The number of para-hydroxylation sites is 1. The molecule has 2 aromatic carbocycles. The minimum Gasteiger partial charge on any atom is -0.366 e. The molecule has 7 heteroatoms. The quantitative estimate of drug-likeness (QED) is 0.777. The van der Waals surface area contributed by atoms with Crippen molar-refractivity contribution >= 4 is 17.5 Å². The second-order valence-corrected chi connectivity index (χ2v) is 7.86.